The molecule has 22 heavy (non-hydrogen) atoms. The average Bonchev–Trinajstić information content (AvgIpc) is 2.48. The number of nitrogens with zero attached hydrogens (tertiary/aromatic N) is 1. The highest BCUT2D eigenvalue weighted by Gasteiger charge is 2.16. The Labute approximate surface area is 126 Å². The predicted molar refractivity (Wildman–Crippen MR) is 78.3 cm³/mol. The van der Waals surface area contributed by atoms with Crippen molar-refractivity contribution in [3.8, 4) is 0 Å². The SMILES string of the molecule is Cc1ccc(S(=O)(=O)NCc2cccc([N+](=O)[O-])c2)cc1F. The van der Waals surface area contributed by atoms with Crippen LogP contribution in [0, 0.1) is 22.9 Å². The van der Waals surface area contributed by atoms with E-state index in [9.17, 15) is 22.9 Å². The smallest absolute Gasteiger partial charge is 0.258 e. The van der Waals surface area contributed by atoms with Crippen molar-refractivity contribution >= 4 is 15.7 Å². The second kappa shape index (κ2) is 6.20. The lowest BCUT2D eigenvalue weighted by Crippen LogP contribution is -2.23. The second-order valence-corrected chi connectivity index (χ2v) is 6.43. The van der Waals surface area contributed by atoms with E-state index in [2.05, 4.69) is 4.72 Å². The molecule has 0 unspecified atom stereocenters. The van der Waals surface area contributed by atoms with Gasteiger partial charge < -0.3 is 0 Å². The van der Waals surface area contributed by atoms with Crippen molar-refractivity contribution in [2.24, 2.45) is 0 Å². The van der Waals surface area contributed by atoms with Crippen LogP contribution < -0.4 is 4.72 Å². The molecule has 2 rings (SSSR count). The molecule has 1 N–H and O–H groups in total. The molecule has 0 amide bonds. The summed E-state index contributed by atoms with van der Waals surface area (Å²) in [7, 11) is -3.89. The lowest BCUT2D eigenvalue weighted by Gasteiger charge is -2.08. The number of nitro groups is 1. The van der Waals surface area contributed by atoms with Crippen LogP contribution in [0.1, 0.15) is 11.1 Å². The summed E-state index contributed by atoms with van der Waals surface area (Å²) >= 11 is 0. The van der Waals surface area contributed by atoms with Gasteiger partial charge in [-0.25, -0.2) is 17.5 Å². The fourth-order valence-corrected chi connectivity index (χ4v) is 2.81. The molecule has 0 aromatic heterocycles. The van der Waals surface area contributed by atoms with Crippen molar-refractivity contribution in [2.45, 2.75) is 18.4 Å². The Kier molecular flexibility index (Phi) is 4.53. The van der Waals surface area contributed by atoms with E-state index in [-0.39, 0.29) is 17.1 Å². The van der Waals surface area contributed by atoms with Gasteiger partial charge in [-0.05, 0) is 30.2 Å². The summed E-state index contributed by atoms with van der Waals surface area (Å²) in [5, 5.41) is 10.7. The summed E-state index contributed by atoms with van der Waals surface area (Å²) in [5.41, 5.74) is 0.654. The van der Waals surface area contributed by atoms with E-state index in [1.807, 2.05) is 0 Å². The van der Waals surface area contributed by atoms with Gasteiger partial charge in [0.25, 0.3) is 5.69 Å². The van der Waals surface area contributed by atoms with Crippen LogP contribution in [0.2, 0.25) is 0 Å². The Hall–Kier alpha value is -2.32. The highest BCUT2D eigenvalue weighted by molar-refractivity contribution is 7.89. The van der Waals surface area contributed by atoms with Gasteiger partial charge in [0.2, 0.25) is 10.0 Å². The van der Waals surface area contributed by atoms with E-state index < -0.39 is 20.8 Å². The Morgan fingerprint density at radius 3 is 2.59 bits per heavy atom. The molecule has 0 spiro atoms. The first-order valence-corrected chi connectivity index (χ1v) is 7.77. The molecule has 0 saturated carbocycles. The topological polar surface area (TPSA) is 89.3 Å². The highest BCUT2D eigenvalue weighted by Crippen LogP contribution is 2.16. The Morgan fingerprint density at radius 2 is 1.95 bits per heavy atom. The minimum absolute atomic E-state index is 0.125. The molecule has 0 bridgehead atoms. The summed E-state index contributed by atoms with van der Waals surface area (Å²) in [6.45, 7) is 1.40. The molecule has 116 valence electrons. The molecule has 0 heterocycles. The zero-order valence-corrected chi connectivity index (χ0v) is 12.4. The molecule has 8 heteroatoms. The number of nitro benzene ring substituents is 1. The summed E-state index contributed by atoms with van der Waals surface area (Å²) < 4.78 is 39.9. The van der Waals surface area contributed by atoms with Crippen LogP contribution in [0.3, 0.4) is 0 Å². The lowest BCUT2D eigenvalue weighted by molar-refractivity contribution is -0.384. The highest BCUT2D eigenvalue weighted by atomic mass is 32.2. The van der Waals surface area contributed by atoms with E-state index in [1.165, 1.54) is 37.3 Å². The third-order valence-corrected chi connectivity index (χ3v) is 4.44. The van der Waals surface area contributed by atoms with Gasteiger partial charge in [0.05, 0.1) is 9.82 Å². The zero-order valence-electron chi connectivity index (χ0n) is 11.6. The quantitative estimate of drug-likeness (QED) is 0.676. The number of nitrogens with one attached hydrogen (secondary N) is 1. The molecule has 0 aliphatic carbocycles. The normalized spacial score (nSPS) is 11.4. The fraction of sp³-hybridized carbons (Fsp3) is 0.143. The number of benzene rings is 2. The van der Waals surface area contributed by atoms with Crippen molar-refractivity contribution in [1.82, 2.24) is 4.72 Å². The molecule has 6 nitrogen and oxygen atoms in total. The van der Waals surface area contributed by atoms with Gasteiger partial charge in [0.15, 0.2) is 0 Å². The van der Waals surface area contributed by atoms with Gasteiger partial charge in [0, 0.05) is 18.7 Å². The lowest BCUT2D eigenvalue weighted by atomic mass is 10.2. The van der Waals surface area contributed by atoms with Gasteiger partial charge in [-0.15, -0.1) is 0 Å². The zero-order chi connectivity index (χ0) is 16.3. The number of hydrogen-bond acceptors (Lipinski definition) is 4. The van der Waals surface area contributed by atoms with Crippen LogP contribution in [0.5, 0.6) is 0 Å². The first kappa shape index (κ1) is 16.1. The minimum Gasteiger partial charge on any atom is -0.258 e. The van der Waals surface area contributed by atoms with Crippen LogP contribution >= 0.6 is 0 Å². The third kappa shape index (κ3) is 3.66. The molecule has 0 radical (unpaired) electrons. The van der Waals surface area contributed by atoms with Crippen molar-refractivity contribution < 1.29 is 17.7 Å². The number of aryl methyl sites for hydroxylation is 1. The van der Waals surface area contributed by atoms with Gasteiger partial charge in [-0.1, -0.05) is 18.2 Å². The van der Waals surface area contributed by atoms with E-state index >= 15 is 0 Å². The minimum atomic E-state index is -3.89. The molecule has 0 aliphatic heterocycles. The monoisotopic (exact) mass is 324 g/mol. The molecule has 0 atom stereocenters. The number of halogens is 1. The maximum absolute atomic E-state index is 13.4. The van der Waals surface area contributed by atoms with E-state index in [1.54, 1.807) is 6.07 Å². The summed E-state index contributed by atoms with van der Waals surface area (Å²) in [5.74, 6) is -0.613. The van der Waals surface area contributed by atoms with Gasteiger partial charge in [-0.3, -0.25) is 10.1 Å². The molecular weight excluding hydrogens is 311 g/mol. The van der Waals surface area contributed by atoms with Crippen LogP contribution in [0.15, 0.2) is 47.4 Å². The maximum atomic E-state index is 13.4. The van der Waals surface area contributed by atoms with Crippen molar-refractivity contribution in [2.75, 3.05) is 0 Å². The average molecular weight is 324 g/mol. The molecular formula is C14H13FN2O4S. The van der Waals surface area contributed by atoms with Crippen LogP contribution in [-0.2, 0) is 16.6 Å². The molecule has 2 aromatic carbocycles. The predicted octanol–water partition coefficient (Wildman–Crippen LogP) is 2.52. The molecule has 2 aromatic rings. The van der Waals surface area contributed by atoms with Crippen LogP contribution in [0.4, 0.5) is 10.1 Å². The van der Waals surface area contributed by atoms with Crippen molar-refractivity contribution in [3.63, 3.8) is 0 Å². The first-order valence-electron chi connectivity index (χ1n) is 6.29. The summed E-state index contributed by atoms with van der Waals surface area (Å²) in [6.07, 6.45) is 0. The van der Waals surface area contributed by atoms with Crippen molar-refractivity contribution in [3.05, 3.63) is 69.5 Å². The van der Waals surface area contributed by atoms with E-state index in [0.717, 1.165) is 6.07 Å². The van der Waals surface area contributed by atoms with Crippen molar-refractivity contribution in [1.29, 1.82) is 0 Å². The Morgan fingerprint density at radius 1 is 1.23 bits per heavy atom. The largest absolute Gasteiger partial charge is 0.269 e. The number of rotatable bonds is 5. The number of hydrogen-bond donors (Lipinski definition) is 1. The first-order chi connectivity index (χ1) is 10.3. The molecule has 0 fully saturated rings. The van der Waals surface area contributed by atoms with Gasteiger partial charge in [0.1, 0.15) is 5.82 Å². The number of sulfonamides is 1. The summed E-state index contributed by atoms with van der Waals surface area (Å²) in [4.78, 5) is 9.91. The molecule has 0 saturated heterocycles. The number of non-ortho nitro benzene ring substituents is 1. The Balaban J connectivity index is 2.17. The van der Waals surface area contributed by atoms with E-state index in [0.29, 0.717) is 11.1 Å². The third-order valence-electron chi connectivity index (χ3n) is 3.04. The van der Waals surface area contributed by atoms with Crippen LogP contribution in [-0.4, -0.2) is 13.3 Å². The van der Waals surface area contributed by atoms with E-state index in [4.69, 9.17) is 0 Å². The summed E-state index contributed by atoms with van der Waals surface area (Å²) in [6, 6.07) is 9.22. The molecule has 0 aliphatic rings. The van der Waals surface area contributed by atoms with Gasteiger partial charge in [-0.2, -0.15) is 0 Å². The second-order valence-electron chi connectivity index (χ2n) is 4.66. The standard InChI is InChI=1S/C14H13FN2O4S/c1-10-5-6-13(8-14(10)15)22(20,21)16-9-11-3-2-4-12(7-11)17(18)19/h2-8,16H,9H2,1H3. The maximum Gasteiger partial charge on any atom is 0.269 e. The van der Waals surface area contributed by atoms with Crippen LogP contribution in [0.25, 0.3) is 0 Å². The van der Waals surface area contributed by atoms with Gasteiger partial charge >= 0.3 is 0 Å². The Bertz CT molecular complexity index is 821. The fourth-order valence-electron chi connectivity index (χ4n) is 1.78.